The van der Waals surface area contributed by atoms with Gasteiger partial charge in [-0.05, 0) is 61.6 Å². The molecule has 0 bridgehead atoms. The molecule has 1 N–H and O–H groups in total. The van der Waals surface area contributed by atoms with Gasteiger partial charge in [0.05, 0.1) is 5.02 Å². The Morgan fingerprint density at radius 2 is 1.90 bits per heavy atom. The van der Waals surface area contributed by atoms with E-state index < -0.39 is 0 Å². The lowest BCUT2D eigenvalue weighted by Gasteiger charge is -2.37. The summed E-state index contributed by atoms with van der Waals surface area (Å²) in [6.07, 6.45) is 4.76. The van der Waals surface area contributed by atoms with Gasteiger partial charge in [-0.15, -0.1) is 0 Å². The van der Waals surface area contributed by atoms with Crippen molar-refractivity contribution >= 4 is 11.6 Å². The highest BCUT2D eigenvalue weighted by atomic mass is 35.5. The second kappa shape index (κ2) is 7.60. The molecule has 1 saturated carbocycles. The van der Waals surface area contributed by atoms with Crippen LogP contribution in [0, 0.1) is 23.6 Å². The van der Waals surface area contributed by atoms with Crippen LogP contribution in [-0.4, -0.2) is 6.54 Å². The van der Waals surface area contributed by atoms with Crippen LogP contribution in [0.1, 0.15) is 58.1 Å². The zero-order valence-electron chi connectivity index (χ0n) is 13.3. The molecule has 0 aliphatic heterocycles. The first kappa shape index (κ1) is 16.8. The highest BCUT2D eigenvalue weighted by Crippen LogP contribution is 2.41. The predicted molar refractivity (Wildman–Crippen MR) is 88.1 cm³/mol. The first-order valence-electron chi connectivity index (χ1n) is 8.20. The first-order valence-corrected chi connectivity index (χ1v) is 8.58. The van der Waals surface area contributed by atoms with E-state index in [1.54, 1.807) is 6.07 Å². The van der Waals surface area contributed by atoms with E-state index in [2.05, 4.69) is 26.1 Å². The van der Waals surface area contributed by atoms with Crippen LogP contribution in [0.3, 0.4) is 0 Å². The van der Waals surface area contributed by atoms with Gasteiger partial charge < -0.3 is 5.32 Å². The van der Waals surface area contributed by atoms with Crippen LogP contribution in [0.5, 0.6) is 0 Å². The molecule has 0 heterocycles. The Bertz CT molecular complexity index is 453. The van der Waals surface area contributed by atoms with Gasteiger partial charge in [0.1, 0.15) is 5.82 Å². The van der Waals surface area contributed by atoms with Gasteiger partial charge in [-0.3, -0.25) is 0 Å². The first-order chi connectivity index (χ1) is 10.0. The third-order valence-corrected chi connectivity index (χ3v) is 5.02. The van der Waals surface area contributed by atoms with E-state index in [0.717, 1.165) is 30.4 Å². The standard InChI is InChI=1S/C18H27ClFN/c1-4-8-21-18(14-10-12(2)9-13(3)11-14)15-6-5-7-16(20)17(15)19/h5-7,12-14,18,21H,4,8-11H2,1-3H3. The molecule has 118 valence electrons. The summed E-state index contributed by atoms with van der Waals surface area (Å²) in [5.41, 5.74) is 0.927. The fourth-order valence-electron chi connectivity index (χ4n) is 3.87. The highest BCUT2D eigenvalue weighted by Gasteiger charge is 2.31. The monoisotopic (exact) mass is 311 g/mol. The lowest BCUT2D eigenvalue weighted by molar-refractivity contribution is 0.176. The average Bonchev–Trinajstić information content (AvgIpc) is 2.42. The Balaban J connectivity index is 2.27. The fourth-order valence-corrected chi connectivity index (χ4v) is 4.12. The number of benzene rings is 1. The molecule has 1 fully saturated rings. The predicted octanol–water partition coefficient (Wildman–Crippen LogP) is 5.59. The molecule has 1 nitrogen and oxygen atoms in total. The zero-order valence-corrected chi connectivity index (χ0v) is 14.1. The molecule has 0 spiro atoms. The maximum absolute atomic E-state index is 13.8. The molecule has 1 aromatic rings. The average molecular weight is 312 g/mol. The molecule has 0 saturated heterocycles. The van der Waals surface area contributed by atoms with E-state index in [1.807, 2.05) is 6.07 Å². The summed E-state index contributed by atoms with van der Waals surface area (Å²) in [6, 6.07) is 5.35. The quantitative estimate of drug-likeness (QED) is 0.747. The molecule has 1 aliphatic rings. The maximum atomic E-state index is 13.8. The molecule has 0 amide bonds. The van der Waals surface area contributed by atoms with Gasteiger partial charge in [-0.1, -0.05) is 44.5 Å². The van der Waals surface area contributed by atoms with Gasteiger partial charge in [-0.25, -0.2) is 4.39 Å². The molecule has 21 heavy (non-hydrogen) atoms. The summed E-state index contributed by atoms with van der Waals surface area (Å²) in [4.78, 5) is 0. The van der Waals surface area contributed by atoms with E-state index in [-0.39, 0.29) is 16.9 Å². The Kier molecular flexibility index (Phi) is 6.07. The largest absolute Gasteiger partial charge is 0.310 e. The van der Waals surface area contributed by atoms with E-state index in [1.165, 1.54) is 25.3 Å². The molecule has 3 heteroatoms. The molecular weight excluding hydrogens is 285 g/mol. The van der Waals surface area contributed by atoms with Crippen LogP contribution in [-0.2, 0) is 0 Å². The van der Waals surface area contributed by atoms with Gasteiger partial charge in [0.15, 0.2) is 0 Å². The minimum atomic E-state index is -0.311. The number of hydrogen-bond donors (Lipinski definition) is 1. The van der Waals surface area contributed by atoms with Crippen LogP contribution in [0.2, 0.25) is 5.02 Å². The van der Waals surface area contributed by atoms with Crippen molar-refractivity contribution in [1.82, 2.24) is 5.32 Å². The molecule has 0 aromatic heterocycles. The summed E-state index contributed by atoms with van der Waals surface area (Å²) in [7, 11) is 0. The van der Waals surface area contributed by atoms with Crippen molar-refractivity contribution in [3.05, 3.63) is 34.6 Å². The maximum Gasteiger partial charge on any atom is 0.142 e. The van der Waals surface area contributed by atoms with Crippen molar-refractivity contribution in [1.29, 1.82) is 0 Å². The second-order valence-electron chi connectivity index (χ2n) is 6.75. The van der Waals surface area contributed by atoms with E-state index in [9.17, 15) is 4.39 Å². The number of rotatable bonds is 5. The molecule has 1 aliphatic carbocycles. The molecule has 2 rings (SSSR count). The summed E-state index contributed by atoms with van der Waals surface area (Å²) >= 11 is 6.24. The van der Waals surface area contributed by atoms with Gasteiger partial charge in [0.25, 0.3) is 0 Å². The number of nitrogens with one attached hydrogen (secondary N) is 1. The number of hydrogen-bond acceptors (Lipinski definition) is 1. The minimum Gasteiger partial charge on any atom is -0.310 e. The van der Waals surface area contributed by atoms with E-state index in [0.29, 0.717) is 5.92 Å². The summed E-state index contributed by atoms with van der Waals surface area (Å²) < 4.78 is 13.8. The van der Waals surface area contributed by atoms with Crippen LogP contribution >= 0.6 is 11.6 Å². The Labute approximate surface area is 133 Å². The van der Waals surface area contributed by atoms with Crippen LogP contribution < -0.4 is 5.32 Å². The normalized spacial score (nSPS) is 27.6. The van der Waals surface area contributed by atoms with Crippen molar-refractivity contribution in [2.75, 3.05) is 6.54 Å². The lowest BCUT2D eigenvalue weighted by atomic mass is 9.72. The van der Waals surface area contributed by atoms with Crippen LogP contribution in [0.4, 0.5) is 4.39 Å². The summed E-state index contributed by atoms with van der Waals surface area (Å²) in [5.74, 6) is 1.69. The van der Waals surface area contributed by atoms with Gasteiger partial charge >= 0.3 is 0 Å². The third-order valence-electron chi connectivity index (χ3n) is 4.62. The summed E-state index contributed by atoms with van der Waals surface area (Å²) in [5, 5.41) is 3.90. The lowest BCUT2D eigenvalue weighted by Crippen LogP contribution is -2.34. The number of halogens is 2. The van der Waals surface area contributed by atoms with Gasteiger partial charge in [-0.2, -0.15) is 0 Å². The third kappa shape index (κ3) is 4.20. The Morgan fingerprint density at radius 3 is 2.52 bits per heavy atom. The molecule has 3 unspecified atom stereocenters. The molecule has 1 aromatic carbocycles. The van der Waals surface area contributed by atoms with E-state index in [4.69, 9.17) is 11.6 Å². The minimum absolute atomic E-state index is 0.165. The second-order valence-corrected chi connectivity index (χ2v) is 7.13. The Hall–Kier alpha value is -0.600. The SMILES string of the molecule is CCCNC(c1cccc(F)c1Cl)C1CC(C)CC(C)C1. The molecular formula is C18H27ClFN. The van der Waals surface area contributed by atoms with Gasteiger partial charge in [0.2, 0.25) is 0 Å². The Morgan fingerprint density at radius 1 is 1.24 bits per heavy atom. The molecule has 0 radical (unpaired) electrons. The van der Waals surface area contributed by atoms with Crippen molar-refractivity contribution in [3.8, 4) is 0 Å². The highest BCUT2D eigenvalue weighted by molar-refractivity contribution is 6.31. The van der Waals surface area contributed by atoms with Crippen molar-refractivity contribution in [2.24, 2.45) is 17.8 Å². The van der Waals surface area contributed by atoms with Crippen LogP contribution in [0.15, 0.2) is 18.2 Å². The van der Waals surface area contributed by atoms with Crippen molar-refractivity contribution in [2.45, 2.75) is 52.5 Å². The van der Waals surface area contributed by atoms with Gasteiger partial charge in [0, 0.05) is 6.04 Å². The van der Waals surface area contributed by atoms with Crippen molar-refractivity contribution < 1.29 is 4.39 Å². The van der Waals surface area contributed by atoms with Crippen molar-refractivity contribution in [3.63, 3.8) is 0 Å². The summed E-state index contributed by atoms with van der Waals surface area (Å²) in [6.45, 7) is 7.75. The topological polar surface area (TPSA) is 12.0 Å². The molecule has 3 atom stereocenters. The van der Waals surface area contributed by atoms with Crippen LogP contribution in [0.25, 0.3) is 0 Å². The van der Waals surface area contributed by atoms with E-state index >= 15 is 0 Å². The fraction of sp³-hybridized carbons (Fsp3) is 0.667. The zero-order chi connectivity index (χ0) is 15.4. The smallest absolute Gasteiger partial charge is 0.142 e.